The first-order valence-electron chi connectivity index (χ1n) is 6.25. The van der Waals surface area contributed by atoms with Gasteiger partial charge in [-0.15, -0.1) is 0 Å². The molecule has 98 valence electrons. The lowest BCUT2D eigenvalue weighted by Crippen LogP contribution is -2.46. The Bertz CT molecular complexity index is 289. The van der Waals surface area contributed by atoms with Crippen LogP contribution < -0.4 is 11.1 Å². The van der Waals surface area contributed by atoms with E-state index in [0.29, 0.717) is 18.9 Å². The molecular formula is C12H23N3O2. The Labute approximate surface area is 103 Å². The average molecular weight is 241 g/mol. The SMILES string of the molecule is CCN(C)C(=O)C(C)NC(=O)CC(N)C1CC1. The van der Waals surface area contributed by atoms with Crippen molar-refractivity contribution in [2.45, 2.75) is 45.2 Å². The van der Waals surface area contributed by atoms with Crippen molar-refractivity contribution >= 4 is 11.8 Å². The summed E-state index contributed by atoms with van der Waals surface area (Å²) in [6.45, 7) is 4.24. The third-order valence-electron chi connectivity index (χ3n) is 3.25. The molecular weight excluding hydrogens is 218 g/mol. The van der Waals surface area contributed by atoms with E-state index in [1.807, 2.05) is 6.92 Å². The second-order valence-electron chi connectivity index (χ2n) is 4.85. The quantitative estimate of drug-likeness (QED) is 0.692. The van der Waals surface area contributed by atoms with Crippen molar-refractivity contribution in [3.05, 3.63) is 0 Å². The molecule has 5 heteroatoms. The molecule has 1 aliphatic carbocycles. The van der Waals surface area contributed by atoms with E-state index < -0.39 is 6.04 Å². The van der Waals surface area contributed by atoms with E-state index in [1.54, 1.807) is 18.9 Å². The Morgan fingerprint density at radius 2 is 2.06 bits per heavy atom. The summed E-state index contributed by atoms with van der Waals surface area (Å²) in [6, 6.07) is -0.528. The summed E-state index contributed by atoms with van der Waals surface area (Å²) in [6.07, 6.45) is 2.57. The molecule has 2 amide bonds. The maximum Gasteiger partial charge on any atom is 0.244 e. The number of nitrogens with zero attached hydrogens (tertiary/aromatic N) is 1. The molecule has 0 heterocycles. The molecule has 1 fully saturated rings. The van der Waals surface area contributed by atoms with E-state index in [0.717, 1.165) is 12.8 Å². The second kappa shape index (κ2) is 6.00. The lowest BCUT2D eigenvalue weighted by Gasteiger charge is -2.21. The van der Waals surface area contributed by atoms with Crippen LogP contribution in [0.1, 0.15) is 33.1 Å². The fourth-order valence-electron chi connectivity index (χ4n) is 1.75. The summed E-state index contributed by atoms with van der Waals surface area (Å²) < 4.78 is 0. The maximum absolute atomic E-state index is 11.7. The van der Waals surface area contributed by atoms with Gasteiger partial charge >= 0.3 is 0 Å². The van der Waals surface area contributed by atoms with E-state index in [9.17, 15) is 9.59 Å². The normalized spacial score (nSPS) is 18.4. The van der Waals surface area contributed by atoms with Crippen molar-refractivity contribution in [1.29, 1.82) is 0 Å². The predicted molar refractivity (Wildman–Crippen MR) is 66.2 cm³/mol. The summed E-state index contributed by atoms with van der Waals surface area (Å²) in [5.41, 5.74) is 5.86. The molecule has 1 rings (SSSR count). The molecule has 0 aromatic heterocycles. The molecule has 2 unspecified atom stereocenters. The Kier molecular flexibility index (Phi) is 4.93. The number of carbonyl (C=O) groups excluding carboxylic acids is 2. The number of nitrogens with two attached hydrogens (primary N) is 1. The Morgan fingerprint density at radius 1 is 1.47 bits per heavy atom. The second-order valence-corrected chi connectivity index (χ2v) is 4.85. The molecule has 0 radical (unpaired) electrons. The Morgan fingerprint density at radius 3 is 2.53 bits per heavy atom. The lowest BCUT2D eigenvalue weighted by molar-refractivity contribution is -0.134. The van der Waals surface area contributed by atoms with Crippen LogP contribution in [-0.2, 0) is 9.59 Å². The van der Waals surface area contributed by atoms with Gasteiger partial charge in [0.05, 0.1) is 0 Å². The van der Waals surface area contributed by atoms with Crippen molar-refractivity contribution in [3.8, 4) is 0 Å². The summed E-state index contributed by atoms with van der Waals surface area (Å²) >= 11 is 0. The standard InChI is InChI=1S/C12H23N3O2/c1-4-15(3)12(17)8(2)14-11(16)7-10(13)9-5-6-9/h8-10H,4-7,13H2,1-3H3,(H,14,16). The van der Waals surface area contributed by atoms with Crippen LogP contribution in [0.5, 0.6) is 0 Å². The highest BCUT2D eigenvalue weighted by atomic mass is 16.2. The minimum Gasteiger partial charge on any atom is -0.345 e. The van der Waals surface area contributed by atoms with Crippen LogP contribution in [0.25, 0.3) is 0 Å². The minimum atomic E-state index is -0.473. The fraction of sp³-hybridized carbons (Fsp3) is 0.833. The first-order chi connectivity index (χ1) is 7.95. The van der Waals surface area contributed by atoms with Crippen LogP contribution in [0.2, 0.25) is 0 Å². The predicted octanol–water partition coefficient (Wildman–Crippen LogP) is 0.0968. The van der Waals surface area contributed by atoms with E-state index in [1.165, 1.54) is 0 Å². The smallest absolute Gasteiger partial charge is 0.244 e. The van der Waals surface area contributed by atoms with E-state index >= 15 is 0 Å². The molecule has 17 heavy (non-hydrogen) atoms. The van der Waals surface area contributed by atoms with Gasteiger partial charge in [0.2, 0.25) is 11.8 Å². The van der Waals surface area contributed by atoms with Gasteiger partial charge in [0, 0.05) is 26.1 Å². The average Bonchev–Trinajstić information content (AvgIpc) is 3.10. The van der Waals surface area contributed by atoms with Crippen LogP contribution in [0.15, 0.2) is 0 Å². The molecule has 3 N–H and O–H groups in total. The first-order valence-corrected chi connectivity index (χ1v) is 6.25. The van der Waals surface area contributed by atoms with E-state index in [4.69, 9.17) is 5.73 Å². The van der Waals surface area contributed by atoms with Gasteiger partial charge < -0.3 is 16.0 Å². The molecule has 1 saturated carbocycles. The Balaban J connectivity index is 2.31. The van der Waals surface area contributed by atoms with Gasteiger partial charge in [-0.1, -0.05) is 0 Å². The molecule has 0 bridgehead atoms. The number of nitrogens with one attached hydrogen (secondary N) is 1. The number of rotatable bonds is 6. The minimum absolute atomic E-state index is 0.0544. The number of carbonyl (C=O) groups is 2. The largest absolute Gasteiger partial charge is 0.345 e. The van der Waals surface area contributed by atoms with Crippen molar-refractivity contribution in [1.82, 2.24) is 10.2 Å². The zero-order valence-electron chi connectivity index (χ0n) is 10.9. The molecule has 5 nitrogen and oxygen atoms in total. The van der Waals surface area contributed by atoms with Crippen LogP contribution in [0.3, 0.4) is 0 Å². The van der Waals surface area contributed by atoms with Crippen LogP contribution in [0.4, 0.5) is 0 Å². The van der Waals surface area contributed by atoms with Gasteiger partial charge in [0.1, 0.15) is 6.04 Å². The summed E-state index contributed by atoms with van der Waals surface area (Å²) in [4.78, 5) is 25.0. The van der Waals surface area contributed by atoms with Crippen LogP contribution in [0, 0.1) is 5.92 Å². The number of hydrogen-bond donors (Lipinski definition) is 2. The lowest BCUT2D eigenvalue weighted by atomic mass is 10.1. The summed E-state index contributed by atoms with van der Waals surface area (Å²) in [5, 5.41) is 2.70. The van der Waals surface area contributed by atoms with Crippen LogP contribution in [-0.4, -0.2) is 42.4 Å². The summed E-state index contributed by atoms with van der Waals surface area (Å²) in [7, 11) is 1.72. The third-order valence-corrected chi connectivity index (χ3v) is 3.25. The van der Waals surface area contributed by atoms with Gasteiger partial charge in [0.15, 0.2) is 0 Å². The molecule has 0 aliphatic heterocycles. The zero-order valence-corrected chi connectivity index (χ0v) is 10.9. The topological polar surface area (TPSA) is 75.4 Å². The van der Waals surface area contributed by atoms with Gasteiger partial charge in [-0.3, -0.25) is 9.59 Å². The van der Waals surface area contributed by atoms with Gasteiger partial charge in [-0.2, -0.15) is 0 Å². The van der Waals surface area contributed by atoms with Crippen molar-refractivity contribution in [3.63, 3.8) is 0 Å². The van der Waals surface area contributed by atoms with Crippen LogP contribution >= 0.6 is 0 Å². The number of likely N-dealkylation sites (N-methyl/N-ethyl adjacent to an activating group) is 1. The zero-order chi connectivity index (χ0) is 13.0. The Hall–Kier alpha value is -1.10. The molecule has 2 atom stereocenters. The van der Waals surface area contributed by atoms with Gasteiger partial charge in [0.25, 0.3) is 0 Å². The van der Waals surface area contributed by atoms with Gasteiger partial charge in [-0.05, 0) is 32.6 Å². The molecule has 0 spiro atoms. The molecule has 0 saturated heterocycles. The highest BCUT2D eigenvalue weighted by molar-refractivity contribution is 5.87. The highest BCUT2D eigenvalue weighted by Crippen LogP contribution is 2.32. The number of amides is 2. The van der Waals surface area contributed by atoms with Crippen molar-refractivity contribution < 1.29 is 9.59 Å². The van der Waals surface area contributed by atoms with Crippen molar-refractivity contribution in [2.24, 2.45) is 11.7 Å². The van der Waals surface area contributed by atoms with E-state index in [-0.39, 0.29) is 17.9 Å². The number of hydrogen-bond acceptors (Lipinski definition) is 3. The highest BCUT2D eigenvalue weighted by Gasteiger charge is 2.30. The molecule has 0 aromatic rings. The van der Waals surface area contributed by atoms with Crippen molar-refractivity contribution in [2.75, 3.05) is 13.6 Å². The van der Waals surface area contributed by atoms with Gasteiger partial charge in [-0.25, -0.2) is 0 Å². The maximum atomic E-state index is 11.7. The third kappa shape index (κ3) is 4.34. The monoisotopic (exact) mass is 241 g/mol. The van der Waals surface area contributed by atoms with E-state index in [2.05, 4.69) is 5.32 Å². The first kappa shape index (κ1) is 14.0. The summed E-state index contributed by atoms with van der Waals surface area (Å²) in [5.74, 6) is 0.306. The molecule has 1 aliphatic rings. The molecule has 0 aromatic carbocycles. The fourth-order valence-corrected chi connectivity index (χ4v) is 1.75.